The van der Waals surface area contributed by atoms with E-state index >= 15 is 0 Å². The highest BCUT2D eigenvalue weighted by molar-refractivity contribution is 5.90. The summed E-state index contributed by atoms with van der Waals surface area (Å²) in [6, 6.07) is 0. The number of hydrogen-bond acceptors (Lipinski definition) is 4. The van der Waals surface area contributed by atoms with E-state index in [1.165, 1.54) is 10.9 Å². The lowest BCUT2D eigenvalue weighted by Crippen LogP contribution is -2.34. The number of ether oxygens (including phenoxy) is 1. The lowest BCUT2D eigenvalue weighted by molar-refractivity contribution is 0.0511. The van der Waals surface area contributed by atoms with Crippen molar-refractivity contribution in [3.8, 4) is 0 Å². The van der Waals surface area contributed by atoms with Gasteiger partial charge in [-0.15, -0.1) is 0 Å². The smallest absolute Gasteiger partial charge is 0.341 e. The van der Waals surface area contributed by atoms with Crippen LogP contribution in [0.2, 0.25) is 0 Å². The second-order valence-electron chi connectivity index (χ2n) is 6.43. The minimum Gasteiger partial charge on any atom is -0.462 e. The zero-order valence-electron chi connectivity index (χ0n) is 14.6. The van der Waals surface area contributed by atoms with Gasteiger partial charge >= 0.3 is 5.97 Å². The van der Waals surface area contributed by atoms with E-state index in [4.69, 9.17) is 4.74 Å². The Balaban J connectivity index is 3.03. The van der Waals surface area contributed by atoms with Crippen LogP contribution in [-0.4, -0.2) is 40.3 Å². The molecule has 0 aliphatic heterocycles. The van der Waals surface area contributed by atoms with Crippen molar-refractivity contribution in [3.63, 3.8) is 0 Å². The Morgan fingerprint density at radius 1 is 1.26 bits per heavy atom. The van der Waals surface area contributed by atoms with Gasteiger partial charge in [0.15, 0.2) is 0 Å². The van der Waals surface area contributed by atoms with Crippen molar-refractivity contribution in [2.75, 3.05) is 19.7 Å². The van der Waals surface area contributed by atoms with Crippen molar-refractivity contribution in [2.45, 2.75) is 47.7 Å². The summed E-state index contributed by atoms with van der Waals surface area (Å²) in [5, 5.41) is 3.99. The third kappa shape index (κ3) is 5.89. The predicted octanol–water partition coefficient (Wildman–Crippen LogP) is 3.57. The molecule has 0 bridgehead atoms. The van der Waals surface area contributed by atoms with E-state index in [0.29, 0.717) is 11.8 Å². The number of carbonyl (C=O) groups excluding carboxylic acids is 1. The third-order valence-electron chi connectivity index (χ3n) is 3.16. The number of rotatable bonds is 9. The first-order chi connectivity index (χ1) is 10.8. The molecular weight excluding hydrogens is 304 g/mol. The predicted molar refractivity (Wildman–Crippen MR) is 84.4 cm³/mol. The van der Waals surface area contributed by atoms with Gasteiger partial charge in [0.05, 0.1) is 19.5 Å². The molecule has 0 aromatic carbocycles. The van der Waals surface area contributed by atoms with Gasteiger partial charge in [0.25, 0.3) is 6.43 Å². The quantitative estimate of drug-likeness (QED) is 0.649. The molecule has 0 unspecified atom stereocenters. The summed E-state index contributed by atoms with van der Waals surface area (Å²) in [5.74, 6) is 0.0565. The summed E-state index contributed by atoms with van der Waals surface area (Å²) in [5.41, 5.74) is -0.531. The van der Waals surface area contributed by atoms with E-state index in [0.717, 1.165) is 13.1 Å². The van der Waals surface area contributed by atoms with Crippen molar-refractivity contribution in [2.24, 2.45) is 11.8 Å². The number of hydrogen-bond donors (Lipinski definition) is 0. The van der Waals surface area contributed by atoms with E-state index in [2.05, 4.69) is 37.7 Å². The summed E-state index contributed by atoms with van der Waals surface area (Å²) < 4.78 is 32.9. The molecule has 0 spiro atoms. The van der Waals surface area contributed by atoms with Crippen LogP contribution in [-0.2, 0) is 11.4 Å². The van der Waals surface area contributed by atoms with Crippen molar-refractivity contribution in [3.05, 3.63) is 17.5 Å². The molecule has 1 aromatic heterocycles. The molecule has 5 nitrogen and oxygen atoms in total. The molecule has 0 fully saturated rings. The summed E-state index contributed by atoms with van der Waals surface area (Å²) in [6.45, 7) is 11.9. The van der Waals surface area contributed by atoms with Crippen LogP contribution in [0.5, 0.6) is 0 Å². The zero-order valence-corrected chi connectivity index (χ0v) is 14.6. The molecular formula is C16H27F2N3O2. The number of alkyl halides is 2. The number of carbonyl (C=O) groups is 1. The van der Waals surface area contributed by atoms with Crippen LogP contribution in [0.15, 0.2) is 6.20 Å². The second kappa shape index (κ2) is 8.96. The molecule has 0 radical (unpaired) electrons. The fraction of sp³-hybridized carbons (Fsp3) is 0.750. The van der Waals surface area contributed by atoms with E-state index in [-0.39, 0.29) is 24.5 Å². The fourth-order valence-corrected chi connectivity index (χ4v) is 2.52. The molecule has 7 heteroatoms. The van der Waals surface area contributed by atoms with Gasteiger partial charge in [-0.3, -0.25) is 4.90 Å². The molecule has 1 heterocycles. The molecule has 0 aliphatic carbocycles. The van der Waals surface area contributed by atoms with E-state index in [1.807, 2.05) is 0 Å². The molecule has 0 N–H and O–H groups in total. The topological polar surface area (TPSA) is 47.4 Å². The van der Waals surface area contributed by atoms with Crippen LogP contribution in [0.25, 0.3) is 0 Å². The highest BCUT2D eigenvalue weighted by Crippen LogP contribution is 2.24. The van der Waals surface area contributed by atoms with Crippen LogP contribution in [0.3, 0.4) is 0 Å². The Bertz CT molecular complexity index is 492. The first kappa shape index (κ1) is 19.5. The minimum absolute atomic E-state index is 0.138. The molecule has 1 rings (SSSR count). The van der Waals surface area contributed by atoms with E-state index in [1.54, 1.807) is 6.92 Å². The third-order valence-corrected chi connectivity index (χ3v) is 3.16. The van der Waals surface area contributed by atoms with Crippen molar-refractivity contribution < 1.29 is 18.3 Å². The molecule has 0 aliphatic rings. The normalized spacial score (nSPS) is 12.0. The number of aromatic nitrogens is 2. The Kier molecular flexibility index (Phi) is 7.61. The van der Waals surface area contributed by atoms with Gasteiger partial charge in [-0.25, -0.2) is 18.3 Å². The van der Waals surface area contributed by atoms with Gasteiger partial charge in [0.1, 0.15) is 11.3 Å². The van der Waals surface area contributed by atoms with Crippen LogP contribution >= 0.6 is 0 Å². The Labute approximate surface area is 136 Å². The zero-order chi connectivity index (χ0) is 17.6. The molecule has 23 heavy (non-hydrogen) atoms. The highest BCUT2D eigenvalue weighted by atomic mass is 19.3. The monoisotopic (exact) mass is 331 g/mol. The van der Waals surface area contributed by atoms with E-state index in [9.17, 15) is 13.6 Å². The van der Waals surface area contributed by atoms with Gasteiger partial charge in [-0.1, -0.05) is 27.7 Å². The Morgan fingerprint density at radius 2 is 1.83 bits per heavy atom. The number of nitrogens with zero attached hydrogens (tertiary/aromatic N) is 3. The lowest BCUT2D eigenvalue weighted by Gasteiger charge is -2.26. The van der Waals surface area contributed by atoms with Crippen molar-refractivity contribution >= 4 is 5.97 Å². The minimum atomic E-state index is -2.78. The van der Waals surface area contributed by atoms with Gasteiger partial charge in [0.2, 0.25) is 0 Å². The maximum Gasteiger partial charge on any atom is 0.341 e. The summed E-state index contributed by atoms with van der Waals surface area (Å²) in [4.78, 5) is 13.9. The van der Waals surface area contributed by atoms with Gasteiger partial charge < -0.3 is 4.74 Å². The van der Waals surface area contributed by atoms with Crippen LogP contribution in [0.4, 0.5) is 8.78 Å². The Hall–Kier alpha value is -1.50. The average Bonchev–Trinajstić information content (AvgIpc) is 2.81. The van der Waals surface area contributed by atoms with Crippen LogP contribution in [0.1, 0.15) is 57.1 Å². The van der Waals surface area contributed by atoms with Gasteiger partial charge in [-0.2, -0.15) is 5.10 Å². The van der Waals surface area contributed by atoms with Gasteiger partial charge in [-0.05, 0) is 18.8 Å². The molecule has 1 aromatic rings. The number of halogens is 2. The summed E-state index contributed by atoms with van der Waals surface area (Å²) >= 11 is 0. The lowest BCUT2D eigenvalue weighted by atomic mass is 10.1. The molecule has 0 amide bonds. The van der Waals surface area contributed by atoms with Crippen LogP contribution < -0.4 is 0 Å². The molecule has 0 saturated carbocycles. The maximum absolute atomic E-state index is 13.4. The molecule has 132 valence electrons. The number of esters is 1. The maximum atomic E-state index is 13.4. The standard InChI is InChI=1S/C16H27F2N3O2/c1-6-23-16(22)13-7-19-21(14(13)15(17)18)10-20(8-11(2)3)9-12(4)5/h7,11-12,15H,6,8-10H2,1-5H3. The first-order valence-corrected chi connectivity index (χ1v) is 7.99. The Morgan fingerprint density at radius 3 is 2.26 bits per heavy atom. The molecule has 0 atom stereocenters. The average molecular weight is 331 g/mol. The largest absolute Gasteiger partial charge is 0.462 e. The van der Waals surface area contributed by atoms with E-state index < -0.39 is 12.4 Å². The van der Waals surface area contributed by atoms with Crippen molar-refractivity contribution in [1.29, 1.82) is 0 Å². The highest BCUT2D eigenvalue weighted by Gasteiger charge is 2.26. The molecule has 0 saturated heterocycles. The van der Waals surface area contributed by atoms with Gasteiger partial charge in [0, 0.05) is 13.1 Å². The second-order valence-corrected chi connectivity index (χ2v) is 6.43. The first-order valence-electron chi connectivity index (χ1n) is 7.99. The SMILES string of the molecule is CCOC(=O)c1cnn(CN(CC(C)C)CC(C)C)c1C(F)F. The fourth-order valence-electron chi connectivity index (χ4n) is 2.52. The van der Waals surface area contributed by atoms with Crippen molar-refractivity contribution in [1.82, 2.24) is 14.7 Å². The summed E-state index contributed by atoms with van der Waals surface area (Å²) in [6.07, 6.45) is -1.61. The van der Waals surface area contributed by atoms with Crippen LogP contribution in [0, 0.1) is 11.8 Å². The summed E-state index contributed by atoms with van der Waals surface area (Å²) in [7, 11) is 0.